The summed E-state index contributed by atoms with van der Waals surface area (Å²) in [6.07, 6.45) is 2.92. The smallest absolute Gasteiger partial charge is 0.170 e. The molecule has 6 heteroatoms. The van der Waals surface area contributed by atoms with Crippen molar-refractivity contribution < 1.29 is 0 Å². The molecule has 0 spiro atoms. The van der Waals surface area contributed by atoms with E-state index in [0.29, 0.717) is 0 Å². The lowest BCUT2D eigenvalue weighted by molar-refractivity contribution is 0.292. The fourth-order valence-electron chi connectivity index (χ4n) is 4.72. The molecule has 2 aromatic heterocycles. The van der Waals surface area contributed by atoms with Crippen molar-refractivity contribution in [2.75, 3.05) is 27.2 Å². The van der Waals surface area contributed by atoms with Gasteiger partial charge in [0.15, 0.2) is 5.11 Å². The van der Waals surface area contributed by atoms with E-state index in [1.54, 1.807) is 0 Å². The quantitative estimate of drug-likeness (QED) is 0.530. The molecule has 0 radical (unpaired) electrons. The minimum atomic E-state index is 0.0232. The number of hydrogen-bond donors (Lipinski definition) is 1. The molecule has 0 saturated carbocycles. The normalized spacial score (nSPS) is 18.4. The van der Waals surface area contributed by atoms with Crippen LogP contribution < -0.4 is 5.32 Å². The number of pyridine rings is 1. The summed E-state index contributed by atoms with van der Waals surface area (Å²) < 4.78 is 2.35. The van der Waals surface area contributed by atoms with E-state index in [4.69, 9.17) is 12.2 Å². The zero-order valence-corrected chi connectivity index (χ0v) is 20.5. The van der Waals surface area contributed by atoms with E-state index in [1.165, 1.54) is 28.2 Å². The monoisotopic (exact) mass is 447 g/mol. The second kappa shape index (κ2) is 9.43. The van der Waals surface area contributed by atoms with Crippen molar-refractivity contribution in [1.29, 1.82) is 0 Å². The second-order valence-corrected chi connectivity index (χ2v) is 9.36. The molecule has 0 aliphatic carbocycles. The third kappa shape index (κ3) is 4.43. The first kappa shape index (κ1) is 22.5. The number of nitrogens with one attached hydrogen (secondary N) is 1. The third-order valence-corrected chi connectivity index (χ3v) is 6.64. The van der Waals surface area contributed by atoms with Crippen LogP contribution in [0.15, 0.2) is 54.7 Å². The van der Waals surface area contributed by atoms with Crippen LogP contribution in [0, 0.1) is 20.8 Å². The zero-order valence-electron chi connectivity index (χ0n) is 19.7. The summed E-state index contributed by atoms with van der Waals surface area (Å²) in [6.45, 7) is 8.47. The fraction of sp³-hybridized carbons (Fsp3) is 0.385. The van der Waals surface area contributed by atoms with Crippen molar-refractivity contribution in [3.8, 4) is 5.69 Å². The predicted octanol–water partition coefficient (Wildman–Crippen LogP) is 4.72. The van der Waals surface area contributed by atoms with Gasteiger partial charge in [-0.3, -0.25) is 4.98 Å². The van der Waals surface area contributed by atoms with Gasteiger partial charge in [0.1, 0.15) is 0 Å². The second-order valence-electron chi connectivity index (χ2n) is 8.97. The molecule has 168 valence electrons. The van der Waals surface area contributed by atoms with Gasteiger partial charge in [-0.25, -0.2) is 0 Å². The molecule has 32 heavy (non-hydrogen) atoms. The van der Waals surface area contributed by atoms with E-state index in [-0.39, 0.29) is 12.1 Å². The van der Waals surface area contributed by atoms with E-state index < -0.39 is 0 Å². The molecule has 1 aromatic carbocycles. The number of aryl methyl sites for hydroxylation is 2. The van der Waals surface area contributed by atoms with Crippen LogP contribution in [0.3, 0.4) is 0 Å². The van der Waals surface area contributed by atoms with Gasteiger partial charge in [0, 0.05) is 29.8 Å². The lowest BCUT2D eigenvalue weighted by atomic mass is 9.96. The Labute approximate surface area is 197 Å². The maximum atomic E-state index is 5.83. The molecule has 1 saturated heterocycles. The largest absolute Gasteiger partial charge is 0.352 e. The minimum Gasteiger partial charge on any atom is -0.352 e. The molecule has 1 fully saturated rings. The number of nitrogens with zero attached hydrogens (tertiary/aromatic N) is 4. The Morgan fingerprint density at radius 2 is 1.81 bits per heavy atom. The molecule has 0 bridgehead atoms. The maximum absolute atomic E-state index is 5.83. The average Bonchev–Trinajstić information content (AvgIpc) is 3.25. The highest BCUT2D eigenvalue weighted by molar-refractivity contribution is 7.80. The molecule has 0 amide bonds. The van der Waals surface area contributed by atoms with E-state index in [2.05, 4.69) is 102 Å². The minimum absolute atomic E-state index is 0.0232. The molecule has 1 aliphatic heterocycles. The lowest BCUT2D eigenvalue weighted by Crippen LogP contribution is -2.32. The van der Waals surface area contributed by atoms with Gasteiger partial charge in [-0.15, -0.1) is 0 Å². The van der Waals surface area contributed by atoms with E-state index >= 15 is 0 Å². The van der Waals surface area contributed by atoms with Crippen LogP contribution in [0.1, 0.15) is 46.7 Å². The average molecular weight is 448 g/mol. The highest BCUT2D eigenvalue weighted by atomic mass is 32.1. The molecule has 1 N–H and O–H groups in total. The van der Waals surface area contributed by atoms with Crippen LogP contribution in [0.2, 0.25) is 0 Å². The van der Waals surface area contributed by atoms with Gasteiger partial charge in [0.05, 0.1) is 17.8 Å². The van der Waals surface area contributed by atoms with Gasteiger partial charge < -0.3 is 19.7 Å². The van der Waals surface area contributed by atoms with Crippen molar-refractivity contribution in [2.45, 2.75) is 39.3 Å². The first-order valence-electron chi connectivity index (χ1n) is 11.3. The number of hydrogen-bond acceptors (Lipinski definition) is 3. The summed E-state index contributed by atoms with van der Waals surface area (Å²) in [5.41, 5.74) is 7.27. The summed E-state index contributed by atoms with van der Waals surface area (Å²) in [7, 11) is 4.23. The highest BCUT2D eigenvalue weighted by Crippen LogP contribution is 2.41. The van der Waals surface area contributed by atoms with Crippen molar-refractivity contribution in [3.05, 3.63) is 82.9 Å². The summed E-state index contributed by atoms with van der Waals surface area (Å²) in [5, 5.41) is 4.39. The predicted molar refractivity (Wildman–Crippen MR) is 135 cm³/mol. The Bertz CT molecular complexity index is 1070. The highest BCUT2D eigenvalue weighted by Gasteiger charge is 2.41. The summed E-state index contributed by atoms with van der Waals surface area (Å²) >= 11 is 5.83. The summed E-state index contributed by atoms with van der Waals surface area (Å²) in [6, 6.07) is 17.3. The van der Waals surface area contributed by atoms with Gasteiger partial charge in [-0.05, 0) is 95.9 Å². The Kier molecular flexibility index (Phi) is 6.63. The van der Waals surface area contributed by atoms with Crippen molar-refractivity contribution in [2.24, 2.45) is 0 Å². The molecule has 5 nitrogen and oxygen atoms in total. The topological polar surface area (TPSA) is 36.3 Å². The first-order chi connectivity index (χ1) is 15.4. The van der Waals surface area contributed by atoms with Crippen molar-refractivity contribution in [3.63, 3.8) is 0 Å². The number of benzene rings is 1. The summed E-state index contributed by atoms with van der Waals surface area (Å²) in [4.78, 5) is 9.26. The molecular weight excluding hydrogens is 414 g/mol. The van der Waals surface area contributed by atoms with Crippen molar-refractivity contribution >= 4 is 17.3 Å². The van der Waals surface area contributed by atoms with Gasteiger partial charge in [-0.1, -0.05) is 23.8 Å². The van der Waals surface area contributed by atoms with Gasteiger partial charge in [0.25, 0.3) is 0 Å². The molecule has 4 rings (SSSR count). The maximum Gasteiger partial charge on any atom is 0.170 e. The fourth-order valence-corrected chi connectivity index (χ4v) is 5.05. The Balaban J connectivity index is 1.76. The molecule has 3 aromatic rings. The number of aromatic nitrogens is 2. The Hall–Kier alpha value is -2.70. The first-order valence-corrected chi connectivity index (χ1v) is 11.7. The van der Waals surface area contributed by atoms with Gasteiger partial charge in [-0.2, -0.15) is 0 Å². The zero-order chi connectivity index (χ0) is 22.8. The standard InChI is InChI=1S/C26H33N5S/c1-18-10-12-21(13-11-18)31-19(2)17-22(20(31)3)25-24(23-9-6-7-14-27-23)28-26(32)30(25)16-8-15-29(4)5/h6-7,9-14,17,24-25H,8,15-16H2,1-5H3,(H,28,32)/t24-,25-/m1/s1. The van der Waals surface area contributed by atoms with Gasteiger partial charge >= 0.3 is 0 Å². The van der Waals surface area contributed by atoms with Crippen LogP contribution in [0.25, 0.3) is 5.69 Å². The molecule has 0 unspecified atom stereocenters. The molecule has 2 atom stereocenters. The van der Waals surface area contributed by atoms with E-state index in [9.17, 15) is 0 Å². The van der Waals surface area contributed by atoms with Crippen LogP contribution in [0.5, 0.6) is 0 Å². The van der Waals surface area contributed by atoms with E-state index in [1.807, 2.05) is 12.3 Å². The Morgan fingerprint density at radius 1 is 1.06 bits per heavy atom. The van der Waals surface area contributed by atoms with E-state index in [0.717, 1.165) is 30.3 Å². The summed E-state index contributed by atoms with van der Waals surface area (Å²) in [5.74, 6) is 0. The van der Waals surface area contributed by atoms with Crippen LogP contribution in [0.4, 0.5) is 0 Å². The van der Waals surface area contributed by atoms with Gasteiger partial charge in [0.2, 0.25) is 0 Å². The number of thiocarbonyl (C=S) groups is 1. The van der Waals surface area contributed by atoms with Crippen molar-refractivity contribution in [1.82, 2.24) is 24.7 Å². The SMILES string of the molecule is Cc1ccc(-n2c(C)cc([C@@H]3[C@@H](c4ccccn4)NC(=S)N3CCCN(C)C)c2C)cc1. The molecule has 3 heterocycles. The number of rotatable bonds is 7. The molecular formula is C26H33N5S. The van der Waals surface area contributed by atoms with Crippen LogP contribution in [-0.2, 0) is 0 Å². The molecule has 1 aliphatic rings. The van der Waals surface area contributed by atoms with Crippen LogP contribution in [-0.4, -0.2) is 51.6 Å². The lowest BCUT2D eigenvalue weighted by Gasteiger charge is -2.28. The Morgan fingerprint density at radius 3 is 2.47 bits per heavy atom. The van der Waals surface area contributed by atoms with Crippen LogP contribution >= 0.6 is 12.2 Å². The third-order valence-electron chi connectivity index (χ3n) is 6.28.